The maximum absolute atomic E-state index is 6.03. The van der Waals surface area contributed by atoms with Crippen LogP contribution in [0.15, 0.2) is 18.2 Å². The van der Waals surface area contributed by atoms with Crippen LogP contribution in [0.25, 0.3) is 0 Å². The van der Waals surface area contributed by atoms with Crippen LogP contribution in [0.3, 0.4) is 0 Å². The van der Waals surface area contributed by atoms with Gasteiger partial charge in [-0.25, -0.2) is 0 Å². The quantitative estimate of drug-likeness (QED) is 0.826. The second kappa shape index (κ2) is 5.80. The smallest absolute Gasteiger partial charge is 0.143 e. The van der Waals surface area contributed by atoms with Crippen LogP contribution in [0.2, 0.25) is 0 Å². The van der Waals surface area contributed by atoms with Crippen molar-refractivity contribution in [1.82, 2.24) is 0 Å². The standard InChI is InChI=1S/C15H24N2O2/c1-12-4-5-14-13(10-12)17(7-9-18-8-6-16)11-15(2,3)19-14/h4-5,10H,6-9,11,16H2,1-3H3. The van der Waals surface area contributed by atoms with Gasteiger partial charge in [0.15, 0.2) is 0 Å². The first-order chi connectivity index (χ1) is 9.02. The van der Waals surface area contributed by atoms with Crippen molar-refractivity contribution < 1.29 is 9.47 Å². The summed E-state index contributed by atoms with van der Waals surface area (Å²) < 4.78 is 11.5. The highest BCUT2D eigenvalue weighted by molar-refractivity contribution is 5.62. The minimum Gasteiger partial charge on any atom is -0.484 e. The fourth-order valence-electron chi connectivity index (χ4n) is 2.40. The molecule has 2 N–H and O–H groups in total. The zero-order valence-corrected chi connectivity index (χ0v) is 12.1. The van der Waals surface area contributed by atoms with Crippen LogP contribution >= 0.6 is 0 Å². The van der Waals surface area contributed by atoms with Crippen molar-refractivity contribution in [2.75, 3.05) is 37.7 Å². The molecule has 1 aromatic rings. The molecule has 0 saturated heterocycles. The summed E-state index contributed by atoms with van der Waals surface area (Å²) in [5.74, 6) is 0.959. The predicted octanol–water partition coefficient (Wildman–Crippen LogP) is 1.95. The molecule has 0 radical (unpaired) electrons. The van der Waals surface area contributed by atoms with Gasteiger partial charge in [-0.1, -0.05) is 6.07 Å². The first kappa shape index (κ1) is 14.2. The number of anilines is 1. The Balaban J connectivity index is 2.11. The van der Waals surface area contributed by atoms with Gasteiger partial charge in [0.1, 0.15) is 11.4 Å². The third-order valence-electron chi connectivity index (χ3n) is 3.18. The van der Waals surface area contributed by atoms with Crippen LogP contribution in [-0.2, 0) is 4.74 Å². The number of hydrogen-bond donors (Lipinski definition) is 1. The van der Waals surface area contributed by atoms with Crippen LogP contribution in [-0.4, -0.2) is 38.4 Å². The van der Waals surface area contributed by atoms with E-state index >= 15 is 0 Å². The van der Waals surface area contributed by atoms with E-state index < -0.39 is 0 Å². The molecule has 0 amide bonds. The largest absolute Gasteiger partial charge is 0.484 e. The van der Waals surface area contributed by atoms with E-state index in [-0.39, 0.29) is 5.60 Å². The Labute approximate surface area is 115 Å². The van der Waals surface area contributed by atoms with Crippen molar-refractivity contribution in [1.29, 1.82) is 0 Å². The number of nitrogens with two attached hydrogens (primary N) is 1. The van der Waals surface area contributed by atoms with E-state index in [9.17, 15) is 0 Å². The van der Waals surface area contributed by atoms with E-state index in [0.29, 0.717) is 19.8 Å². The molecule has 1 aromatic carbocycles. The van der Waals surface area contributed by atoms with E-state index in [1.807, 2.05) is 0 Å². The lowest BCUT2D eigenvalue weighted by Crippen LogP contribution is -2.48. The summed E-state index contributed by atoms with van der Waals surface area (Å²) in [5.41, 5.74) is 7.67. The van der Waals surface area contributed by atoms with Crippen molar-refractivity contribution in [3.8, 4) is 5.75 Å². The lowest BCUT2D eigenvalue weighted by Gasteiger charge is -2.41. The monoisotopic (exact) mass is 264 g/mol. The minimum absolute atomic E-state index is 0.171. The Hall–Kier alpha value is -1.26. The van der Waals surface area contributed by atoms with Gasteiger partial charge in [0.05, 0.1) is 25.4 Å². The second-order valence-electron chi connectivity index (χ2n) is 5.66. The van der Waals surface area contributed by atoms with E-state index in [1.54, 1.807) is 0 Å². The molecule has 0 saturated carbocycles. The highest BCUT2D eigenvalue weighted by Crippen LogP contribution is 2.37. The Morgan fingerprint density at radius 2 is 2.16 bits per heavy atom. The number of fused-ring (bicyclic) bond motifs is 1. The summed E-state index contributed by atoms with van der Waals surface area (Å²) >= 11 is 0. The third kappa shape index (κ3) is 3.61. The van der Waals surface area contributed by atoms with Gasteiger partial charge in [-0.05, 0) is 38.5 Å². The summed E-state index contributed by atoms with van der Waals surface area (Å²) in [6.07, 6.45) is 0. The first-order valence-electron chi connectivity index (χ1n) is 6.84. The number of hydrogen-bond acceptors (Lipinski definition) is 4. The van der Waals surface area contributed by atoms with Gasteiger partial charge in [0.25, 0.3) is 0 Å². The van der Waals surface area contributed by atoms with Crippen molar-refractivity contribution in [3.63, 3.8) is 0 Å². The van der Waals surface area contributed by atoms with E-state index in [1.165, 1.54) is 5.56 Å². The van der Waals surface area contributed by atoms with Crippen molar-refractivity contribution in [2.24, 2.45) is 5.73 Å². The SMILES string of the molecule is Cc1ccc2c(c1)N(CCOCCN)CC(C)(C)O2. The van der Waals surface area contributed by atoms with Crippen LogP contribution in [0, 0.1) is 6.92 Å². The molecule has 0 bridgehead atoms. The molecule has 0 fully saturated rings. The van der Waals surface area contributed by atoms with Gasteiger partial charge in [-0.3, -0.25) is 0 Å². The maximum Gasteiger partial charge on any atom is 0.143 e. The van der Waals surface area contributed by atoms with Gasteiger partial charge in [-0.2, -0.15) is 0 Å². The van der Waals surface area contributed by atoms with Crippen LogP contribution in [0.5, 0.6) is 5.75 Å². The molecule has 0 unspecified atom stereocenters. The van der Waals surface area contributed by atoms with E-state index in [4.69, 9.17) is 15.2 Å². The Kier molecular flexibility index (Phi) is 4.32. The van der Waals surface area contributed by atoms with Gasteiger partial charge in [0, 0.05) is 13.1 Å². The molecule has 106 valence electrons. The number of benzene rings is 1. The Bertz CT molecular complexity index is 432. The number of aryl methyl sites for hydroxylation is 1. The van der Waals surface area contributed by atoms with Gasteiger partial charge in [-0.15, -0.1) is 0 Å². The Morgan fingerprint density at radius 3 is 2.89 bits per heavy atom. The molecule has 0 spiro atoms. The fourth-order valence-corrected chi connectivity index (χ4v) is 2.40. The molecule has 4 nitrogen and oxygen atoms in total. The van der Waals surface area contributed by atoms with E-state index in [0.717, 1.165) is 24.5 Å². The highest BCUT2D eigenvalue weighted by atomic mass is 16.5. The first-order valence-corrected chi connectivity index (χ1v) is 6.84. The zero-order chi connectivity index (χ0) is 13.9. The molecular formula is C15H24N2O2. The molecule has 0 aliphatic carbocycles. The minimum atomic E-state index is -0.171. The van der Waals surface area contributed by atoms with Crippen molar-refractivity contribution in [3.05, 3.63) is 23.8 Å². The molecule has 1 aliphatic heterocycles. The predicted molar refractivity (Wildman–Crippen MR) is 78.0 cm³/mol. The van der Waals surface area contributed by atoms with Crippen molar-refractivity contribution in [2.45, 2.75) is 26.4 Å². The molecule has 0 aromatic heterocycles. The summed E-state index contributed by atoms with van der Waals surface area (Å²) in [5, 5.41) is 0. The Morgan fingerprint density at radius 1 is 1.37 bits per heavy atom. The molecule has 1 heterocycles. The highest BCUT2D eigenvalue weighted by Gasteiger charge is 2.31. The molecule has 4 heteroatoms. The maximum atomic E-state index is 6.03. The third-order valence-corrected chi connectivity index (χ3v) is 3.18. The van der Waals surface area contributed by atoms with Gasteiger partial charge in [0.2, 0.25) is 0 Å². The molecule has 1 aliphatic rings. The van der Waals surface area contributed by atoms with Crippen LogP contribution in [0.4, 0.5) is 5.69 Å². The van der Waals surface area contributed by atoms with Crippen molar-refractivity contribution >= 4 is 5.69 Å². The molecular weight excluding hydrogens is 240 g/mol. The fraction of sp³-hybridized carbons (Fsp3) is 0.600. The normalized spacial score (nSPS) is 16.9. The molecule has 0 atom stereocenters. The average molecular weight is 264 g/mol. The topological polar surface area (TPSA) is 47.7 Å². The molecule has 19 heavy (non-hydrogen) atoms. The summed E-state index contributed by atoms with van der Waals surface area (Å²) in [6.45, 7) is 9.95. The lowest BCUT2D eigenvalue weighted by molar-refractivity contribution is 0.0978. The lowest BCUT2D eigenvalue weighted by atomic mass is 10.0. The molecule has 2 rings (SSSR count). The second-order valence-corrected chi connectivity index (χ2v) is 5.66. The number of rotatable bonds is 5. The zero-order valence-electron chi connectivity index (χ0n) is 12.1. The summed E-state index contributed by atoms with van der Waals surface area (Å²) in [7, 11) is 0. The summed E-state index contributed by atoms with van der Waals surface area (Å²) in [4.78, 5) is 2.34. The number of ether oxygens (including phenoxy) is 2. The van der Waals surface area contributed by atoms with Gasteiger partial charge >= 0.3 is 0 Å². The van der Waals surface area contributed by atoms with Crippen LogP contribution < -0.4 is 15.4 Å². The summed E-state index contributed by atoms with van der Waals surface area (Å²) in [6, 6.07) is 6.32. The number of nitrogens with zero attached hydrogens (tertiary/aromatic N) is 1. The average Bonchev–Trinajstić information content (AvgIpc) is 2.34. The van der Waals surface area contributed by atoms with Gasteiger partial charge < -0.3 is 20.1 Å². The van der Waals surface area contributed by atoms with Crippen LogP contribution in [0.1, 0.15) is 19.4 Å². The van der Waals surface area contributed by atoms with E-state index in [2.05, 4.69) is 43.9 Å².